The topological polar surface area (TPSA) is 318 Å². The Morgan fingerprint density at radius 2 is 0.654 bits per heavy atom. The molecular weight excluding hydrogens is 1350 g/mol. The zero-order chi connectivity index (χ0) is 75.2. The molecule has 15 rings (SSSR count). The first-order valence-electron chi connectivity index (χ1n) is 36.9. The minimum atomic E-state index is -0.0619. The van der Waals surface area contributed by atoms with Crippen LogP contribution in [0.1, 0.15) is 79.6 Å². The van der Waals surface area contributed by atoms with Crippen LogP contribution < -0.4 is 27.0 Å². The van der Waals surface area contributed by atoms with E-state index < -0.39 is 0 Å². The lowest BCUT2D eigenvalue weighted by Gasteiger charge is -2.38. The molecule has 107 heavy (non-hydrogen) atoms. The Hall–Kier alpha value is -10.0. The summed E-state index contributed by atoms with van der Waals surface area (Å²) in [5, 5.41) is 70.2. The number of benzene rings is 10. The van der Waals surface area contributed by atoms with Gasteiger partial charge in [-0.3, -0.25) is 24.0 Å². The number of aliphatic hydroxyl groups is 6. The Kier molecular flexibility index (Phi) is 27.7. The molecule has 19 heteroatoms. The number of ether oxygens (including phenoxy) is 2. The summed E-state index contributed by atoms with van der Waals surface area (Å²) in [5.41, 5.74) is 20.6. The van der Waals surface area contributed by atoms with Crippen molar-refractivity contribution < 1.29 is 95.6 Å². The first-order chi connectivity index (χ1) is 52.3. The molecule has 0 saturated heterocycles. The van der Waals surface area contributed by atoms with Crippen LogP contribution in [0.2, 0.25) is 0 Å². The predicted molar refractivity (Wildman–Crippen MR) is 420 cm³/mol. The zero-order valence-corrected chi connectivity index (χ0v) is 60.5. The number of Topliss-reactive ketones (excluding diaryl/α,β-unsaturated/α-hetero) is 5. The second kappa shape index (κ2) is 38.0. The van der Waals surface area contributed by atoms with E-state index in [0.29, 0.717) is 107 Å². The number of carbonyl (C=O) groups excluding carboxylic acids is 5. The third kappa shape index (κ3) is 18.3. The second-order valence-corrected chi connectivity index (χ2v) is 27.1. The van der Waals surface area contributed by atoms with Gasteiger partial charge in [-0.2, -0.15) is 0 Å². The minimum absolute atomic E-state index is 0.0133. The molecule has 10 aromatic carbocycles. The molecule has 0 radical (unpaired) electrons. The molecule has 19 nitrogen and oxygen atoms in total. The summed E-state index contributed by atoms with van der Waals surface area (Å²) in [6.07, 6.45) is 9.82. The van der Waals surface area contributed by atoms with Gasteiger partial charge in [-0.1, -0.05) is 182 Å². The van der Waals surface area contributed by atoms with Gasteiger partial charge in [-0.25, -0.2) is 0 Å². The van der Waals surface area contributed by atoms with E-state index in [1.807, 2.05) is 199 Å². The lowest BCUT2D eigenvalue weighted by atomic mass is 9.87. The molecule has 0 bridgehead atoms. The fourth-order valence-electron chi connectivity index (χ4n) is 14.9. The molecule has 0 aromatic heterocycles. The van der Waals surface area contributed by atoms with Gasteiger partial charge in [0, 0.05) is 60.3 Å². The lowest BCUT2D eigenvalue weighted by Crippen LogP contribution is -3.13. The molecule has 0 heterocycles. The summed E-state index contributed by atoms with van der Waals surface area (Å²) in [5.74, 6) is 0.379. The molecule has 0 saturated carbocycles. The van der Waals surface area contributed by atoms with Gasteiger partial charge in [0.1, 0.15) is 72.0 Å². The van der Waals surface area contributed by atoms with E-state index in [9.17, 15) is 39.3 Å². The average molecular weight is 1450 g/mol. The summed E-state index contributed by atoms with van der Waals surface area (Å²) in [4.78, 5) is 64.3. The maximum atomic E-state index is 13.0. The molecule has 17 N–H and O–H groups in total. The summed E-state index contributed by atoms with van der Waals surface area (Å²) < 4.78 is 11.2. The van der Waals surface area contributed by atoms with Gasteiger partial charge in [0.2, 0.25) is 0 Å². The second-order valence-electron chi connectivity index (χ2n) is 27.1. The quantitative estimate of drug-likeness (QED) is 0.0229. The number of hydrogen-bond acceptors (Lipinski definition) is 13. The first-order valence-corrected chi connectivity index (χ1v) is 36.9. The van der Waals surface area contributed by atoms with Crippen LogP contribution in [0.5, 0.6) is 0 Å². The standard InChI is InChI=1S/C20H24NO4.2C18H19NO3.C16H16N2O.C16H15NO2/c22-10-7-21(8-11-23,9-12-24)14-17-13-16-5-1-3-15-4-2-6-18(19(15)16)20(17)25;20-9-7-19(8-10-21)12-15-11-14-5-1-3-13-4-2-6-16(17(13)14)18(15)22;19-7-8-21-9-10-22-12-15-11-14-5-1-3-13-4-2-6-16(17(13)14)18(15)20;17-7-8-18-10-13-9-12-5-1-3-11-4-2-6-14(15(11)12)16(13)19;18-8-7-17-10-13-9-12-5-1-3-11-4-2-6-14(15(11)12)16(13)19/h1-6,13,22-24H,7-12,14H2;1-6,11,20-21H,7-10,12H2;1-6,11H,7-10,12,19H2;1-6,9,18H,7-8,10,17H2;1-6,9,17-18H,7-8,10H2/q+1;;;;/p+5. The van der Waals surface area contributed by atoms with Gasteiger partial charge in [0.25, 0.3) is 0 Å². The van der Waals surface area contributed by atoms with Gasteiger partial charge in [0.15, 0.2) is 28.9 Å². The molecule has 0 aliphatic heterocycles. The van der Waals surface area contributed by atoms with Crippen LogP contribution in [0.3, 0.4) is 0 Å². The third-order valence-electron chi connectivity index (χ3n) is 20.0. The number of hydrogen-bond donors (Lipinski definition) is 11. The highest BCUT2D eigenvalue weighted by Crippen LogP contribution is 2.37. The van der Waals surface area contributed by atoms with Crippen LogP contribution in [0.4, 0.5) is 0 Å². The molecule has 0 fully saturated rings. The van der Waals surface area contributed by atoms with E-state index in [1.54, 1.807) is 0 Å². The predicted octanol–water partition coefficient (Wildman–Crippen LogP) is 4.40. The fourth-order valence-corrected chi connectivity index (χ4v) is 14.9. The van der Waals surface area contributed by atoms with Crippen LogP contribution in [-0.4, -0.2) is 215 Å². The Bertz CT molecular complexity index is 4910. The maximum absolute atomic E-state index is 13.0. The van der Waals surface area contributed by atoms with E-state index in [1.165, 1.54) is 0 Å². The number of nitrogens with zero attached hydrogens (tertiary/aromatic N) is 1. The minimum Gasteiger partial charge on any atom is -0.391 e. The molecule has 0 atom stereocenters. The number of aliphatic hydroxyl groups excluding tert-OH is 6. The largest absolute Gasteiger partial charge is 0.391 e. The van der Waals surface area contributed by atoms with E-state index >= 15 is 0 Å². The van der Waals surface area contributed by atoms with Gasteiger partial charge in [0.05, 0.1) is 101 Å². The van der Waals surface area contributed by atoms with Gasteiger partial charge >= 0.3 is 0 Å². The average Bonchev–Trinajstić information content (AvgIpc) is 0.790. The van der Waals surface area contributed by atoms with Crippen molar-refractivity contribution in [2.24, 2.45) is 0 Å². The molecular formula is C88H98N6O13+6. The van der Waals surface area contributed by atoms with Gasteiger partial charge in [-0.15, -0.1) is 0 Å². The van der Waals surface area contributed by atoms with Crippen molar-refractivity contribution in [3.63, 3.8) is 0 Å². The highest BCUT2D eigenvalue weighted by Gasteiger charge is 2.33. The van der Waals surface area contributed by atoms with Crippen molar-refractivity contribution in [3.8, 4) is 0 Å². The fraction of sp³-hybridized carbons (Fsp3) is 0.261. The smallest absolute Gasteiger partial charge is 0.195 e. The number of nitrogens with two attached hydrogens (primary N) is 2. The normalized spacial score (nSPS) is 13.8. The van der Waals surface area contributed by atoms with E-state index in [0.717, 1.165) is 152 Å². The van der Waals surface area contributed by atoms with E-state index in [2.05, 4.69) is 35.0 Å². The van der Waals surface area contributed by atoms with E-state index in [4.69, 9.17) is 24.8 Å². The van der Waals surface area contributed by atoms with Gasteiger partial charge in [-0.05, 0) is 85.1 Å². The highest BCUT2D eigenvalue weighted by atomic mass is 16.5. The van der Waals surface area contributed by atoms with Crippen molar-refractivity contribution >= 4 is 113 Å². The number of quaternary nitrogens is 6. The number of rotatable bonds is 29. The van der Waals surface area contributed by atoms with Crippen LogP contribution in [0.15, 0.2) is 210 Å². The molecule has 10 aromatic rings. The molecule has 0 amide bonds. The molecule has 5 aliphatic carbocycles. The van der Waals surface area contributed by atoms with Crippen molar-refractivity contribution in [3.05, 3.63) is 265 Å². The number of carbonyl (C=O) groups is 5. The monoisotopic (exact) mass is 1450 g/mol. The van der Waals surface area contributed by atoms with Gasteiger partial charge < -0.3 is 71.6 Å². The molecule has 0 spiro atoms. The molecule has 5 aliphatic rings. The van der Waals surface area contributed by atoms with Crippen molar-refractivity contribution in [1.82, 2.24) is 0 Å². The Morgan fingerprint density at radius 3 is 1.01 bits per heavy atom. The number of nitrogens with one attached hydrogen (secondary N) is 1. The van der Waals surface area contributed by atoms with Crippen molar-refractivity contribution in [2.45, 2.75) is 0 Å². The summed E-state index contributed by atoms with van der Waals surface area (Å²) in [6.45, 7) is 9.68. The van der Waals surface area contributed by atoms with Crippen molar-refractivity contribution in [2.75, 3.05) is 151 Å². The van der Waals surface area contributed by atoms with Crippen LogP contribution >= 0.6 is 0 Å². The summed E-state index contributed by atoms with van der Waals surface area (Å²) in [7, 11) is 0. The van der Waals surface area contributed by atoms with Crippen LogP contribution in [0.25, 0.3) is 84.2 Å². The Labute approximate surface area is 622 Å². The summed E-state index contributed by atoms with van der Waals surface area (Å²) in [6, 6.07) is 59.6. The van der Waals surface area contributed by atoms with E-state index in [-0.39, 0.29) is 68.6 Å². The number of ketones is 5. The molecule has 552 valence electrons. The SMILES string of the molecule is O=C1C(C[N+](CCO)(CCO)CCO)=Cc2cccc3cccc1c23.O=C1C(C[NH+](CCO)CCO)=Cc2cccc3cccc1c23.O=C1C(C[NH2+]CCO)=Cc2cccc3cccc1c23.[NH3+]CCOCCOCC1=Cc2cccc3cccc(c23)C1=O.[NH3+]CC[NH2+]CC1=Cc2cccc3cccc(c23)C1=O. The first kappa shape index (κ1) is 78.1. The highest BCUT2D eigenvalue weighted by molar-refractivity contribution is 6.26. The lowest BCUT2D eigenvalue weighted by molar-refractivity contribution is -0.924. The van der Waals surface area contributed by atoms with Crippen molar-refractivity contribution in [1.29, 1.82) is 0 Å². The van der Waals surface area contributed by atoms with Crippen LogP contribution in [0, 0.1) is 0 Å². The Balaban J connectivity index is 0.000000134. The van der Waals surface area contributed by atoms with Crippen LogP contribution in [-0.2, 0) is 9.47 Å². The zero-order valence-electron chi connectivity index (χ0n) is 60.5. The molecule has 0 unspecified atom stereocenters. The summed E-state index contributed by atoms with van der Waals surface area (Å²) >= 11 is 0. The third-order valence-corrected chi connectivity index (χ3v) is 20.0. The Morgan fingerprint density at radius 1 is 0.336 bits per heavy atom. The maximum Gasteiger partial charge on any atom is 0.195 e.